The third kappa shape index (κ3) is 20.2. The maximum absolute atomic E-state index is 14.1. The van der Waals surface area contributed by atoms with E-state index in [9.17, 15) is 43.2 Å². The number of amides is 9. The number of benzene rings is 2. The summed E-state index contributed by atoms with van der Waals surface area (Å²) in [6.07, 6.45) is 1.40. The highest BCUT2D eigenvalue weighted by molar-refractivity contribution is 7.98. The van der Waals surface area contributed by atoms with E-state index in [0.29, 0.717) is 23.3 Å². The largest absolute Gasteiger partial charge is 0.370 e. The first kappa shape index (κ1) is 51.1. The third-order valence-electron chi connectivity index (χ3n) is 9.23. The van der Waals surface area contributed by atoms with E-state index in [4.69, 9.17) is 22.9 Å². The second-order valence-electron chi connectivity index (χ2n) is 14.9. The standard InChI is InChI=1S/C41H60N10O9S/c1-24(2)20-30(40(59)48-28(36(45)55)18-19-61-3)47-35(54)23-46-38(57)31(21-25-10-6-4-7-11-25)50-41(60)32(22-26-12-8-5-9-13-26)51-39(58)29(15-17-34(44)53)49-37(56)27(42)14-16-33(43)52/h4-13,24,27-32H,14-23,42H2,1-3H3,(H2,43,52)(H2,44,53)(H2,45,55)(H,46,57)(H,47,54)(H,48,59)(H,49,56)(H,50,60)(H,51,58)/t27-,28+,29-,30-,31-,32-/m0/s1. The summed E-state index contributed by atoms with van der Waals surface area (Å²) in [5.74, 6) is -6.19. The predicted molar refractivity (Wildman–Crippen MR) is 229 cm³/mol. The molecule has 2 aromatic carbocycles. The fraction of sp³-hybridized carbons (Fsp3) is 0.488. The number of primary amides is 3. The lowest BCUT2D eigenvalue weighted by molar-refractivity contribution is -0.134. The first-order chi connectivity index (χ1) is 28.9. The topological polar surface area (TPSA) is 330 Å². The number of hydrogen-bond donors (Lipinski definition) is 10. The molecule has 0 bridgehead atoms. The highest BCUT2D eigenvalue weighted by Crippen LogP contribution is 2.10. The molecule has 0 aliphatic rings. The fourth-order valence-electron chi connectivity index (χ4n) is 5.96. The average Bonchev–Trinajstić information content (AvgIpc) is 3.21. The molecule has 6 atom stereocenters. The Hall–Kier alpha value is -6.02. The van der Waals surface area contributed by atoms with E-state index in [0.717, 1.165) is 0 Å². The van der Waals surface area contributed by atoms with Crippen LogP contribution in [0.5, 0.6) is 0 Å². The van der Waals surface area contributed by atoms with Crippen LogP contribution in [0.3, 0.4) is 0 Å². The quantitative estimate of drug-likeness (QED) is 0.0453. The molecule has 0 saturated heterocycles. The highest BCUT2D eigenvalue weighted by atomic mass is 32.2. The van der Waals surface area contributed by atoms with E-state index in [2.05, 4.69) is 31.9 Å². The van der Waals surface area contributed by atoms with E-state index >= 15 is 0 Å². The zero-order valence-corrected chi connectivity index (χ0v) is 35.6. The zero-order valence-electron chi connectivity index (χ0n) is 34.8. The normalized spacial score (nSPS) is 13.9. The number of thioether (sulfide) groups is 1. The number of hydrogen-bond acceptors (Lipinski definition) is 11. The minimum Gasteiger partial charge on any atom is -0.370 e. The molecule has 2 aromatic rings. The lowest BCUT2D eigenvalue weighted by atomic mass is 10.0. The molecule has 0 aliphatic heterocycles. The van der Waals surface area contributed by atoms with Crippen molar-refractivity contribution >= 4 is 64.9 Å². The molecule has 0 saturated carbocycles. The van der Waals surface area contributed by atoms with Gasteiger partial charge in [-0.25, -0.2) is 0 Å². The summed E-state index contributed by atoms with van der Waals surface area (Å²) in [5, 5.41) is 15.5. The lowest BCUT2D eigenvalue weighted by Crippen LogP contribution is -2.59. The van der Waals surface area contributed by atoms with Gasteiger partial charge in [0.2, 0.25) is 53.2 Å². The van der Waals surface area contributed by atoms with Gasteiger partial charge in [-0.3, -0.25) is 43.2 Å². The molecule has 14 N–H and O–H groups in total. The van der Waals surface area contributed by atoms with Crippen LogP contribution in [0.1, 0.15) is 63.5 Å². The summed E-state index contributed by atoms with van der Waals surface area (Å²) in [7, 11) is 0. The minimum absolute atomic E-state index is 0.0323. The fourth-order valence-corrected chi connectivity index (χ4v) is 6.43. The summed E-state index contributed by atoms with van der Waals surface area (Å²) < 4.78 is 0. The van der Waals surface area contributed by atoms with Crippen LogP contribution >= 0.6 is 11.8 Å². The van der Waals surface area contributed by atoms with Crippen molar-refractivity contribution < 1.29 is 43.2 Å². The van der Waals surface area contributed by atoms with Crippen molar-refractivity contribution in [1.82, 2.24) is 31.9 Å². The molecule has 0 unspecified atom stereocenters. The highest BCUT2D eigenvalue weighted by Gasteiger charge is 2.32. The molecule has 19 nitrogen and oxygen atoms in total. The second-order valence-corrected chi connectivity index (χ2v) is 15.9. The van der Waals surface area contributed by atoms with E-state index in [1.54, 1.807) is 60.7 Å². The molecule has 0 heterocycles. The van der Waals surface area contributed by atoms with E-state index < -0.39 is 96.0 Å². The number of rotatable bonds is 28. The Bertz CT molecular complexity index is 1800. The summed E-state index contributed by atoms with van der Waals surface area (Å²) in [4.78, 5) is 116. The number of nitrogens with two attached hydrogens (primary N) is 4. The van der Waals surface area contributed by atoms with Crippen LogP contribution in [-0.4, -0.2) is 108 Å². The monoisotopic (exact) mass is 868 g/mol. The summed E-state index contributed by atoms with van der Waals surface area (Å²) >= 11 is 1.48. The van der Waals surface area contributed by atoms with Crippen molar-refractivity contribution in [2.45, 2.75) is 101 Å². The Labute approximate surface area is 359 Å². The Kier molecular flexibility index (Phi) is 22.6. The van der Waals surface area contributed by atoms with Crippen LogP contribution in [0.25, 0.3) is 0 Å². The van der Waals surface area contributed by atoms with Gasteiger partial charge in [-0.1, -0.05) is 74.5 Å². The molecule has 0 aliphatic carbocycles. The summed E-state index contributed by atoms with van der Waals surface area (Å²) in [6.45, 7) is 3.11. The minimum atomic E-state index is -1.38. The van der Waals surface area contributed by atoms with E-state index in [1.807, 2.05) is 20.1 Å². The van der Waals surface area contributed by atoms with Gasteiger partial charge >= 0.3 is 0 Å². The molecule has 0 radical (unpaired) electrons. The van der Waals surface area contributed by atoms with Crippen molar-refractivity contribution in [2.24, 2.45) is 28.9 Å². The van der Waals surface area contributed by atoms with Crippen molar-refractivity contribution in [1.29, 1.82) is 0 Å². The van der Waals surface area contributed by atoms with Gasteiger partial charge in [0.15, 0.2) is 0 Å². The first-order valence-electron chi connectivity index (χ1n) is 19.9. The molecule has 0 aromatic heterocycles. The van der Waals surface area contributed by atoms with Crippen molar-refractivity contribution in [3.63, 3.8) is 0 Å². The van der Waals surface area contributed by atoms with Crippen LogP contribution in [-0.2, 0) is 56.0 Å². The van der Waals surface area contributed by atoms with Gasteiger partial charge in [-0.15, -0.1) is 0 Å². The maximum Gasteiger partial charge on any atom is 0.243 e. The predicted octanol–water partition coefficient (Wildman–Crippen LogP) is -1.85. The molecular weight excluding hydrogens is 809 g/mol. The summed E-state index contributed by atoms with van der Waals surface area (Å²) in [6, 6.07) is 10.1. The van der Waals surface area contributed by atoms with Gasteiger partial charge in [-0.05, 0) is 54.7 Å². The van der Waals surface area contributed by atoms with Crippen LogP contribution in [0.2, 0.25) is 0 Å². The lowest BCUT2D eigenvalue weighted by Gasteiger charge is -2.26. The second kappa shape index (κ2) is 27.0. The van der Waals surface area contributed by atoms with Crippen LogP contribution in [0, 0.1) is 5.92 Å². The van der Waals surface area contributed by atoms with Crippen LogP contribution < -0.4 is 54.8 Å². The van der Waals surface area contributed by atoms with E-state index in [1.165, 1.54) is 11.8 Å². The van der Waals surface area contributed by atoms with Crippen LogP contribution in [0.15, 0.2) is 60.7 Å². The Morgan fingerprint density at radius 3 is 1.51 bits per heavy atom. The molecular formula is C41H60N10O9S. The SMILES string of the molecule is CSCC[C@@H](NC(=O)[C@H](CC(C)C)NC(=O)CNC(=O)[C@H](Cc1ccccc1)NC(=O)[C@H](Cc1ccccc1)NC(=O)[C@H](CCC(N)=O)NC(=O)[C@@H](N)CCC(N)=O)C(N)=O. The molecule has 2 rings (SSSR count). The maximum atomic E-state index is 14.1. The molecule has 334 valence electrons. The smallest absolute Gasteiger partial charge is 0.243 e. The number of nitrogens with one attached hydrogen (secondary N) is 6. The van der Waals surface area contributed by atoms with Gasteiger partial charge in [0.1, 0.15) is 30.2 Å². The van der Waals surface area contributed by atoms with Gasteiger partial charge in [-0.2, -0.15) is 11.8 Å². The molecule has 9 amide bonds. The summed E-state index contributed by atoms with van der Waals surface area (Å²) in [5.41, 5.74) is 23.2. The van der Waals surface area contributed by atoms with Gasteiger partial charge in [0.25, 0.3) is 0 Å². The zero-order chi connectivity index (χ0) is 45.5. The molecule has 20 heteroatoms. The average molecular weight is 869 g/mol. The van der Waals surface area contributed by atoms with E-state index in [-0.39, 0.29) is 50.9 Å². The van der Waals surface area contributed by atoms with Gasteiger partial charge in [0.05, 0.1) is 12.6 Å². The number of carbonyl (C=O) groups is 9. The molecule has 0 fully saturated rings. The molecule has 61 heavy (non-hydrogen) atoms. The van der Waals surface area contributed by atoms with Crippen molar-refractivity contribution in [3.8, 4) is 0 Å². The molecule has 0 spiro atoms. The Morgan fingerprint density at radius 2 is 1.02 bits per heavy atom. The van der Waals surface area contributed by atoms with Crippen molar-refractivity contribution in [2.75, 3.05) is 18.6 Å². The third-order valence-corrected chi connectivity index (χ3v) is 9.88. The van der Waals surface area contributed by atoms with Gasteiger partial charge in [0, 0.05) is 25.7 Å². The van der Waals surface area contributed by atoms with Crippen LogP contribution in [0.4, 0.5) is 0 Å². The number of carbonyl (C=O) groups excluding carboxylic acids is 9. The Balaban J connectivity index is 2.33. The Morgan fingerprint density at radius 1 is 0.557 bits per heavy atom. The first-order valence-corrected chi connectivity index (χ1v) is 21.3. The van der Waals surface area contributed by atoms with Gasteiger partial charge < -0.3 is 54.8 Å². The van der Waals surface area contributed by atoms with Crippen molar-refractivity contribution in [3.05, 3.63) is 71.8 Å².